The largest absolute Gasteiger partial charge is 0.480 e. The molecule has 0 radical (unpaired) electrons. The average molecular weight is 316 g/mol. The van der Waals surface area contributed by atoms with Crippen molar-refractivity contribution in [1.29, 1.82) is 0 Å². The quantitative estimate of drug-likeness (QED) is 0.621. The lowest BCUT2D eigenvalue weighted by atomic mass is 10.0. The molecular weight excluding hydrogens is 292 g/mol. The summed E-state index contributed by atoms with van der Waals surface area (Å²) < 4.78 is 0. The summed E-state index contributed by atoms with van der Waals surface area (Å²) in [6.07, 6.45) is 6.50. The van der Waals surface area contributed by atoms with Crippen LogP contribution in [-0.2, 0) is 16.0 Å². The van der Waals surface area contributed by atoms with Crippen LogP contribution in [0.15, 0.2) is 30.5 Å². The van der Waals surface area contributed by atoms with E-state index in [1.165, 1.54) is 0 Å². The van der Waals surface area contributed by atoms with Gasteiger partial charge in [-0.1, -0.05) is 44.4 Å². The molecule has 0 bridgehead atoms. The van der Waals surface area contributed by atoms with Gasteiger partial charge in [0.05, 0.1) is 0 Å². The van der Waals surface area contributed by atoms with Crippen molar-refractivity contribution in [2.75, 3.05) is 0 Å². The number of aromatic nitrogens is 1. The van der Waals surface area contributed by atoms with Gasteiger partial charge in [0.25, 0.3) is 0 Å². The fraction of sp³-hybridized carbons (Fsp3) is 0.444. The molecule has 0 aliphatic heterocycles. The Bertz CT molecular complexity index is 663. The number of rotatable bonds is 9. The Kier molecular flexibility index (Phi) is 6.20. The van der Waals surface area contributed by atoms with Gasteiger partial charge >= 0.3 is 5.97 Å². The van der Waals surface area contributed by atoms with Gasteiger partial charge in [-0.15, -0.1) is 0 Å². The summed E-state index contributed by atoms with van der Waals surface area (Å²) in [5.74, 6) is -1.19. The minimum Gasteiger partial charge on any atom is -0.480 e. The van der Waals surface area contributed by atoms with Crippen molar-refractivity contribution in [2.45, 2.75) is 51.5 Å². The highest BCUT2D eigenvalue weighted by atomic mass is 16.4. The van der Waals surface area contributed by atoms with Crippen LogP contribution >= 0.6 is 0 Å². The van der Waals surface area contributed by atoms with Crippen molar-refractivity contribution < 1.29 is 14.7 Å². The maximum absolute atomic E-state index is 11.9. The van der Waals surface area contributed by atoms with Gasteiger partial charge < -0.3 is 15.4 Å². The van der Waals surface area contributed by atoms with Crippen LogP contribution in [0.3, 0.4) is 0 Å². The van der Waals surface area contributed by atoms with E-state index >= 15 is 0 Å². The third-order valence-electron chi connectivity index (χ3n) is 3.99. The second-order valence-corrected chi connectivity index (χ2v) is 5.83. The summed E-state index contributed by atoms with van der Waals surface area (Å²) in [6, 6.07) is 6.85. The van der Waals surface area contributed by atoms with Gasteiger partial charge in [-0.25, -0.2) is 4.79 Å². The van der Waals surface area contributed by atoms with E-state index in [4.69, 9.17) is 0 Å². The van der Waals surface area contributed by atoms with Gasteiger partial charge in [-0.3, -0.25) is 4.79 Å². The summed E-state index contributed by atoms with van der Waals surface area (Å²) in [6.45, 7) is 2.11. The molecule has 0 spiro atoms. The molecule has 1 amide bonds. The number of hydrogen-bond donors (Lipinski definition) is 3. The number of aromatic amines is 1. The molecule has 1 aromatic carbocycles. The second-order valence-electron chi connectivity index (χ2n) is 5.83. The molecule has 2 rings (SSSR count). The van der Waals surface area contributed by atoms with E-state index in [-0.39, 0.29) is 12.3 Å². The zero-order valence-electron chi connectivity index (χ0n) is 13.5. The molecule has 5 heteroatoms. The fourth-order valence-corrected chi connectivity index (χ4v) is 2.70. The molecule has 1 atom stereocenters. The Labute approximate surface area is 136 Å². The topological polar surface area (TPSA) is 82.2 Å². The lowest BCUT2D eigenvalue weighted by molar-refractivity contribution is -0.141. The van der Waals surface area contributed by atoms with Crippen LogP contribution in [0.5, 0.6) is 0 Å². The van der Waals surface area contributed by atoms with E-state index < -0.39 is 12.0 Å². The number of H-pyrrole nitrogens is 1. The third-order valence-corrected chi connectivity index (χ3v) is 3.99. The standard InChI is InChI=1S/C18H24N2O3/c1-2-3-4-5-10-17(21)20-16(18(22)23)11-13-12-19-15-9-7-6-8-14(13)15/h6-9,12,16,19H,2-5,10-11H2,1H3,(H,20,21)(H,22,23)/t16-/m0/s1. The zero-order chi connectivity index (χ0) is 16.7. The highest BCUT2D eigenvalue weighted by Gasteiger charge is 2.21. The number of para-hydroxylation sites is 1. The number of amides is 1. The highest BCUT2D eigenvalue weighted by molar-refractivity contribution is 5.86. The van der Waals surface area contributed by atoms with Crippen molar-refractivity contribution in [3.8, 4) is 0 Å². The third kappa shape index (κ3) is 4.84. The lowest BCUT2D eigenvalue weighted by Gasteiger charge is -2.14. The maximum atomic E-state index is 11.9. The Hall–Kier alpha value is -2.30. The number of benzene rings is 1. The molecule has 0 saturated heterocycles. The van der Waals surface area contributed by atoms with Gasteiger partial charge in [0, 0.05) is 29.9 Å². The zero-order valence-corrected chi connectivity index (χ0v) is 13.5. The Balaban J connectivity index is 1.96. The van der Waals surface area contributed by atoms with Crippen molar-refractivity contribution >= 4 is 22.8 Å². The van der Waals surface area contributed by atoms with Gasteiger partial charge in [-0.05, 0) is 18.1 Å². The molecule has 23 heavy (non-hydrogen) atoms. The summed E-state index contributed by atoms with van der Waals surface area (Å²) in [4.78, 5) is 26.5. The van der Waals surface area contributed by atoms with Crippen LogP contribution < -0.4 is 5.32 Å². The summed E-state index contributed by atoms with van der Waals surface area (Å²) in [5.41, 5.74) is 1.87. The minimum atomic E-state index is -1.00. The van der Waals surface area contributed by atoms with E-state index in [1.54, 1.807) is 0 Å². The molecule has 0 aliphatic carbocycles. The monoisotopic (exact) mass is 316 g/mol. The number of carbonyl (C=O) groups excluding carboxylic acids is 1. The summed E-state index contributed by atoms with van der Waals surface area (Å²) >= 11 is 0. The number of unbranched alkanes of at least 4 members (excludes halogenated alkanes) is 3. The molecule has 0 unspecified atom stereocenters. The Morgan fingerprint density at radius 1 is 1.22 bits per heavy atom. The first-order valence-electron chi connectivity index (χ1n) is 8.19. The SMILES string of the molecule is CCCCCCC(=O)N[C@@H](Cc1c[nH]c2ccccc12)C(=O)O. The Morgan fingerprint density at radius 2 is 2.00 bits per heavy atom. The summed E-state index contributed by atoms with van der Waals surface area (Å²) in [7, 11) is 0. The molecule has 3 N–H and O–H groups in total. The van der Waals surface area contributed by atoms with Crippen LogP contribution in [0.1, 0.15) is 44.6 Å². The van der Waals surface area contributed by atoms with E-state index in [2.05, 4.69) is 17.2 Å². The Morgan fingerprint density at radius 3 is 2.74 bits per heavy atom. The number of aliphatic carboxylic acids is 1. The number of carboxylic acid groups (broad SMARTS) is 1. The normalized spacial score (nSPS) is 12.2. The second kappa shape index (κ2) is 8.36. The van der Waals surface area contributed by atoms with Crippen molar-refractivity contribution in [3.05, 3.63) is 36.0 Å². The molecule has 1 aromatic heterocycles. The predicted octanol–water partition coefficient (Wildman–Crippen LogP) is 3.25. The van der Waals surface area contributed by atoms with Crippen LogP contribution in [-0.4, -0.2) is 28.0 Å². The smallest absolute Gasteiger partial charge is 0.326 e. The predicted molar refractivity (Wildman–Crippen MR) is 90.3 cm³/mol. The molecule has 0 aliphatic rings. The summed E-state index contributed by atoms with van der Waals surface area (Å²) in [5, 5.41) is 13.0. The number of hydrogen-bond acceptors (Lipinski definition) is 2. The van der Waals surface area contributed by atoms with Gasteiger partial charge in [0.1, 0.15) is 6.04 Å². The fourth-order valence-electron chi connectivity index (χ4n) is 2.70. The number of carboxylic acids is 1. The van der Waals surface area contributed by atoms with E-state index in [1.807, 2.05) is 30.5 Å². The number of fused-ring (bicyclic) bond motifs is 1. The van der Waals surface area contributed by atoms with Gasteiger partial charge in [0.15, 0.2) is 0 Å². The van der Waals surface area contributed by atoms with Crippen LogP contribution in [0.2, 0.25) is 0 Å². The van der Waals surface area contributed by atoms with E-state index in [9.17, 15) is 14.7 Å². The first-order valence-corrected chi connectivity index (χ1v) is 8.19. The van der Waals surface area contributed by atoms with Crippen LogP contribution in [0.25, 0.3) is 10.9 Å². The van der Waals surface area contributed by atoms with Crippen molar-refractivity contribution in [3.63, 3.8) is 0 Å². The first-order chi connectivity index (χ1) is 11.1. The molecule has 1 heterocycles. The van der Waals surface area contributed by atoms with Crippen LogP contribution in [0.4, 0.5) is 0 Å². The number of nitrogens with one attached hydrogen (secondary N) is 2. The lowest BCUT2D eigenvalue weighted by Crippen LogP contribution is -2.42. The first kappa shape index (κ1) is 17.1. The molecular formula is C18H24N2O3. The highest BCUT2D eigenvalue weighted by Crippen LogP contribution is 2.19. The van der Waals surface area contributed by atoms with Crippen molar-refractivity contribution in [1.82, 2.24) is 10.3 Å². The molecule has 2 aromatic rings. The van der Waals surface area contributed by atoms with Gasteiger partial charge in [0.2, 0.25) is 5.91 Å². The molecule has 0 saturated carbocycles. The average Bonchev–Trinajstić information content (AvgIpc) is 2.94. The molecule has 0 fully saturated rings. The molecule has 5 nitrogen and oxygen atoms in total. The number of carbonyl (C=O) groups is 2. The van der Waals surface area contributed by atoms with E-state index in [0.29, 0.717) is 6.42 Å². The van der Waals surface area contributed by atoms with E-state index in [0.717, 1.165) is 42.1 Å². The molecule has 124 valence electrons. The van der Waals surface area contributed by atoms with Crippen LogP contribution in [0, 0.1) is 0 Å². The van der Waals surface area contributed by atoms with Gasteiger partial charge in [-0.2, -0.15) is 0 Å². The van der Waals surface area contributed by atoms with Crippen molar-refractivity contribution in [2.24, 2.45) is 0 Å². The maximum Gasteiger partial charge on any atom is 0.326 e. The minimum absolute atomic E-state index is 0.187.